The van der Waals surface area contributed by atoms with E-state index in [0.717, 1.165) is 56.2 Å². The number of hydrogen-bond acceptors (Lipinski definition) is 5. The Morgan fingerprint density at radius 1 is 1.05 bits per heavy atom. The number of carbonyl (C=O) groups excluding carboxylic acids is 1. The van der Waals surface area contributed by atoms with Crippen molar-refractivity contribution in [1.82, 2.24) is 5.32 Å². The molecule has 0 spiro atoms. The molecule has 3 saturated carbocycles. The molecule has 0 bridgehead atoms. The summed E-state index contributed by atoms with van der Waals surface area (Å²) >= 11 is 0. The number of benzene rings is 1. The van der Waals surface area contributed by atoms with Crippen LogP contribution in [0, 0.1) is 28.6 Å². The Bertz CT molecular complexity index is 1130. The second-order valence-corrected chi connectivity index (χ2v) is 12.8. The second-order valence-electron chi connectivity index (χ2n) is 12.8. The fourth-order valence-electron chi connectivity index (χ4n) is 8.35. The molecular weight excluding hydrogens is 480 g/mol. The first-order chi connectivity index (χ1) is 18.0. The quantitative estimate of drug-likeness (QED) is 0.442. The van der Waals surface area contributed by atoms with Gasteiger partial charge >= 0.3 is 5.97 Å². The molecule has 7 atom stereocenters. The predicted molar refractivity (Wildman–Crippen MR) is 145 cm³/mol. The number of rotatable bonds is 7. The molecule has 0 aliphatic heterocycles. The highest BCUT2D eigenvalue weighted by atomic mass is 16.6. The molecule has 0 saturated heterocycles. The molecule has 3 fully saturated rings. The van der Waals surface area contributed by atoms with Crippen molar-refractivity contribution in [2.75, 3.05) is 6.61 Å². The Morgan fingerprint density at radius 3 is 2.53 bits per heavy atom. The van der Waals surface area contributed by atoms with Crippen LogP contribution in [0.5, 0.6) is 0 Å². The predicted octanol–water partition coefficient (Wildman–Crippen LogP) is 4.88. The van der Waals surface area contributed by atoms with Gasteiger partial charge in [-0.2, -0.15) is 0 Å². The van der Waals surface area contributed by atoms with Gasteiger partial charge in [-0.25, -0.2) is 4.79 Å². The highest BCUT2D eigenvalue weighted by Gasteiger charge is 2.62. The highest BCUT2D eigenvalue weighted by molar-refractivity contribution is 5.96. The van der Waals surface area contributed by atoms with Crippen LogP contribution in [0.25, 0.3) is 0 Å². The number of aliphatic hydroxyl groups is 1. The first kappa shape index (κ1) is 26.9. The fraction of sp³-hybridized carbons (Fsp3) is 0.645. The molecule has 4 aliphatic carbocycles. The minimum atomic E-state index is -1.08. The summed E-state index contributed by atoms with van der Waals surface area (Å²) in [5, 5.41) is 27.5. The number of oxime groups is 1. The second kappa shape index (κ2) is 10.1. The molecule has 5 rings (SSSR count). The smallest absolute Gasteiger partial charge is 0.326 e. The number of aliphatic carboxylic acids is 1. The molecule has 206 valence electrons. The van der Waals surface area contributed by atoms with E-state index in [4.69, 9.17) is 4.84 Å². The summed E-state index contributed by atoms with van der Waals surface area (Å²) in [7, 11) is 0. The molecule has 7 heteroatoms. The summed E-state index contributed by atoms with van der Waals surface area (Å²) < 4.78 is 0. The number of amides is 1. The SMILES string of the molecule is C[C@]12CCC(=NOCC(=O)N[C@H](Cc3ccccc3)C(=O)O)C=C1CC[C@H]1[C@@H]2CC[C@]2(C)[C@H]1CC[C@]2(C)O. The zero-order valence-electron chi connectivity index (χ0n) is 22.9. The van der Waals surface area contributed by atoms with Crippen LogP contribution in [0.15, 0.2) is 47.1 Å². The fourth-order valence-corrected chi connectivity index (χ4v) is 8.35. The van der Waals surface area contributed by atoms with Crippen LogP contribution in [0.2, 0.25) is 0 Å². The van der Waals surface area contributed by atoms with Crippen LogP contribution in [0.3, 0.4) is 0 Å². The zero-order valence-corrected chi connectivity index (χ0v) is 22.9. The van der Waals surface area contributed by atoms with Crippen molar-refractivity contribution < 1.29 is 24.6 Å². The molecule has 0 radical (unpaired) electrons. The van der Waals surface area contributed by atoms with Crippen LogP contribution >= 0.6 is 0 Å². The average Bonchev–Trinajstić information content (AvgIpc) is 3.13. The maximum atomic E-state index is 12.4. The number of fused-ring (bicyclic) bond motifs is 5. The Morgan fingerprint density at radius 2 is 1.79 bits per heavy atom. The molecule has 0 unspecified atom stereocenters. The average molecular weight is 523 g/mol. The number of allylic oxidation sites excluding steroid dienone is 2. The third-order valence-corrected chi connectivity index (χ3v) is 10.8. The molecule has 4 aliphatic rings. The van der Waals surface area contributed by atoms with Crippen molar-refractivity contribution in [3.05, 3.63) is 47.5 Å². The largest absolute Gasteiger partial charge is 0.480 e. The van der Waals surface area contributed by atoms with E-state index in [2.05, 4.69) is 37.3 Å². The van der Waals surface area contributed by atoms with Crippen molar-refractivity contribution in [3.8, 4) is 0 Å². The van der Waals surface area contributed by atoms with E-state index in [1.807, 2.05) is 30.3 Å². The molecular formula is C31H42N2O5. The molecule has 1 aromatic carbocycles. The highest BCUT2D eigenvalue weighted by Crippen LogP contribution is 2.67. The van der Waals surface area contributed by atoms with Crippen molar-refractivity contribution in [1.29, 1.82) is 0 Å². The molecule has 0 heterocycles. The van der Waals surface area contributed by atoms with Crippen LogP contribution in [0.4, 0.5) is 0 Å². The Labute approximate surface area is 225 Å². The van der Waals surface area contributed by atoms with Crippen LogP contribution in [-0.2, 0) is 20.8 Å². The summed E-state index contributed by atoms with van der Waals surface area (Å²) in [6.07, 6.45) is 10.7. The van der Waals surface area contributed by atoms with Crippen molar-refractivity contribution >= 4 is 17.6 Å². The van der Waals surface area contributed by atoms with Crippen molar-refractivity contribution in [3.63, 3.8) is 0 Å². The van der Waals surface area contributed by atoms with E-state index in [1.54, 1.807) is 0 Å². The number of hydrogen-bond donors (Lipinski definition) is 3. The summed E-state index contributed by atoms with van der Waals surface area (Å²) in [5.74, 6) is 0.332. The first-order valence-electron chi connectivity index (χ1n) is 14.2. The van der Waals surface area contributed by atoms with E-state index >= 15 is 0 Å². The van der Waals surface area contributed by atoms with Gasteiger partial charge in [0.05, 0.1) is 11.3 Å². The number of carboxylic acid groups (broad SMARTS) is 1. The monoisotopic (exact) mass is 522 g/mol. The lowest BCUT2D eigenvalue weighted by molar-refractivity contribution is -0.142. The van der Waals surface area contributed by atoms with Gasteiger partial charge in [0.1, 0.15) is 6.04 Å². The summed E-state index contributed by atoms with van der Waals surface area (Å²) in [4.78, 5) is 29.4. The van der Waals surface area contributed by atoms with E-state index in [1.165, 1.54) is 12.0 Å². The Hall–Kier alpha value is -2.67. The van der Waals surface area contributed by atoms with Gasteiger partial charge in [-0.15, -0.1) is 0 Å². The van der Waals surface area contributed by atoms with Crippen LogP contribution in [-0.4, -0.2) is 46.1 Å². The maximum Gasteiger partial charge on any atom is 0.326 e. The molecule has 38 heavy (non-hydrogen) atoms. The van der Waals surface area contributed by atoms with Crippen molar-refractivity contribution in [2.45, 2.75) is 90.2 Å². The molecule has 3 N–H and O–H groups in total. The van der Waals surface area contributed by atoms with E-state index in [0.29, 0.717) is 17.8 Å². The Kier molecular flexibility index (Phi) is 7.18. The van der Waals surface area contributed by atoms with Gasteiger partial charge in [-0.05, 0) is 98.5 Å². The number of nitrogens with one attached hydrogen (secondary N) is 1. The first-order valence-corrected chi connectivity index (χ1v) is 14.2. The molecule has 1 amide bonds. The number of nitrogens with zero attached hydrogens (tertiary/aromatic N) is 1. The zero-order chi connectivity index (χ0) is 27.1. The number of carbonyl (C=O) groups is 2. The summed E-state index contributed by atoms with van der Waals surface area (Å²) in [6.45, 7) is 6.49. The lowest BCUT2D eigenvalue weighted by Crippen LogP contribution is -2.53. The van der Waals surface area contributed by atoms with Gasteiger partial charge in [0.2, 0.25) is 0 Å². The van der Waals surface area contributed by atoms with Gasteiger partial charge in [0.25, 0.3) is 5.91 Å². The van der Waals surface area contributed by atoms with Crippen molar-refractivity contribution in [2.24, 2.45) is 33.7 Å². The van der Waals surface area contributed by atoms with Gasteiger partial charge < -0.3 is 20.4 Å². The standard InChI is InChI=1S/C31H42N2O5/c1-29-14-11-22(33-38-19-27(34)32-26(28(35)36)17-20-7-5-4-6-8-20)18-21(29)9-10-23-24(29)12-15-30(2)25(23)13-16-31(30,3)37/h4-8,18,23-26,37H,9-17,19H2,1-3H3,(H,32,34)(H,35,36)/t23-,24-,25-,26+,29-,30+,31-/m0/s1. The Balaban J connectivity index is 1.19. The lowest BCUT2D eigenvalue weighted by atomic mass is 9.46. The number of carboxylic acids is 1. The third-order valence-electron chi connectivity index (χ3n) is 10.8. The van der Waals surface area contributed by atoms with E-state index < -0.39 is 23.5 Å². The minimum absolute atomic E-state index is 0.0299. The van der Waals surface area contributed by atoms with Gasteiger partial charge in [0, 0.05) is 6.42 Å². The topological polar surface area (TPSA) is 108 Å². The van der Waals surface area contributed by atoms with E-state index in [-0.39, 0.29) is 23.9 Å². The van der Waals surface area contributed by atoms with Gasteiger partial charge in [-0.1, -0.05) is 54.9 Å². The lowest BCUT2D eigenvalue weighted by Gasteiger charge is -2.59. The van der Waals surface area contributed by atoms with Gasteiger partial charge in [0.15, 0.2) is 6.61 Å². The molecule has 0 aromatic heterocycles. The maximum absolute atomic E-state index is 12.4. The minimum Gasteiger partial charge on any atom is -0.480 e. The molecule has 7 nitrogen and oxygen atoms in total. The van der Waals surface area contributed by atoms with Crippen LogP contribution in [0.1, 0.15) is 77.7 Å². The normalized spacial score (nSPS) is 37.8. The van der Waals surface area contributed by atoms with Crippen LogP contribution < -0.4 is 5.32 Å². The summed E-state index contributed by atoms with van der Waals surface area (Å²) in [6, 6.07) is 8.21. The van der Waals surface area contributed by atoms with Gasteiger partial charge in [-0.3, -0.25) is 4.79 Å². The van der Waals surface area contributed by atoms with E-state index in [9.17, 15) is 19.8 Å². The third kappa shape index (κ3) is 4.78. The summed E-state index contributed by atoms with van der Waals surface area (Å²) in [5.41, 5.74) is 2.77. The molecule has 1 aromatic rings.